The lowest BCUT2D eigenvalue weighted by molar-refractivity contribution is -0.384. The van der Waals surface area contributed by atoms with Crippen molar-refractivity contribution in [3.8, 4) is 5.75 Å². The summed E-state index contributed by atoms with van der Waals surface area (Å²) in [5.74, 6) is -1.22. The molecule has 0 atom stereocenters. The first-order chi connectivity index (χ1) is 7.82. The van der Waals surface area contributed by atoms with Crippen LogP contribution >= 0.6 is 0 Å². The van der Waals surface area contributed by atoms with Crippen molar-refractivity contribution in [2.45, 2.75) is 13.5 Å². The van der Waals surface area contributed by atoms with E-state index in [1.54, 1.807) is 0 Å². The largest absolute Gasteiger partial charge is 0.434 e. The monoisotopic (exact) mass is 246 g/mol. The topological polar surface area (TPSA) is 95.5 Å². The Labute approximate surface area is 94.1 Å². The number of hydrogen-bond acceptors (Lipinski definition) is 5. The zero-order valence-corrected chi connectivity index (χ0v) is 8.65. The summed E-state index contributed by atoms with van der Waals surface area (Å²) in [6.45, 7) is -2.11. The number of alkyl halides is 2. The standard InChI is InChI=1S/C9H8F2N2O4/c1-4(14)8-6(12)2-5(13(15)16)3-7(8)17-9(10)11/h2-3,9H,12H2,1H3. The highest BCUT2D eigenvalue weighted by Gasteiger charge is 2.21. The number of carbonyl (C=O) groups is 1. The molecule has 8 heteroatoms. The summed E-state index contributed by atoms with van der Waals surface area (Å²) in [6.07, 6.45) is 0. The molecule has 0 aliphatic carbocycles. The predicted molar refractivity (Wildman–Crippen MR) is 54.1 cm³/mol. The second-order valence-electron chi connectivity index (χ2n) is 3.10. The van der Waals surface area contributed by atoms with Crippen LogP contribution in [0.2, 0.25) is 0 Å². The van der Waals surface area contributed by atoms with E-state index >= 15 is 0 Å². The van der Waals surface area contributed by atoms with E-state index in [9.17, 15) is 23.7 Å². The van der Waals surface area contributed by atoms with E-state index in [-0.39, 0.29) is 11.3 Å². The minimum atomic E-state index is -3.20. The lowest BCUT2D eigenvalue weighted by Gasteiger charge is -2.10. The summed E-state index contributed by atoms with van der Waals surface area (Å²) in [6, 6.07) is 1.65. The highest BCUT2D eigenvalue weighted by Crippen LogP contribution is 2.31. The van der Waals surface area contributed by atoms with Crippen LogP contribution in [0.4, 0.5) is 20.2 Å². The number of ether oxygens (including phenoxy) is 1. The first-order valence-corrected chi connectivity index (χ1v) is 4.36. The van der Waals surface area contributed by atoms with E-state index in [1.165, 1.54) is 0 Å². The second-order valence-corrected chi connectivity index (χ2v) is 3.10. The highest BCUT2D eigenvalue weighted by molar-refractivity contribution is 6.02. The Kier molecular flexibility index (Phi) is 3.56. The number of nitro groups is 1. The molecular formula is C9H8F2N2O4. The van der Waals surface area contributed by atoms with E-state index in [0.717, 1.165) is 19.1 Å². The number of benzene rings is 1. The van der Waals surface area contributed by atoms with Crippen LogP contribution in [-0.2, 0) is 0 Å². The molecular weight excluding hydrogens is 238 g/mol. The van der Waals surface area contributed by atoms with Crippen LogP contribution in [-0.4, -0.2) is 17.3 Å². The molecule has 1 rings (SSSR count). The van der Waals surface area contributed by atoms with E-state index in [0.29, 0.717) is 0 Å². The predicted octanol–water partition coefficient (Wildman–Crippen LogP) is 1.98. The zero-order chi connectivity index (χ0) is 13.2. The third-order valence-corrected chi connectivity index (χ3v) is 1.90. The molecule has 0 aliphatic heterocycles. The van der Waals surface area contributed by atoms with Gasteiger partial charge in [-0.05, 0) is 6.92 Å². The summed E-state index contributed by atoms with van der Waals surface area (Å²) < 4.78 is 28.2. The number of carbonyl (C=O) groups excluding carboxylic acids is 1. The number of nitrogens with two attached hydrogens (primary N) is 1. The molecule has 0 radical (unpaired) electrons. The van der Waals surface area contributed by atoms with Gasteiger partial charge >= 0.3 is 6.61 Å². The molecule has 2 N–H and O–H groups in total. The molecule has 0 saturated carbocycles. The maximum Gasteiger partial charge on any atom is 0.387 e. The van der Waals surface area contributed by atoms with Crippen molar-refractivity contribution in [1.82, 2.24) is 0 Å². The number of rotatable bonds is 4. The van der Waals surface area contributed by atoms with Crippen molar-refractivity contribution < 1.29 is 23.2 Å². The lowest BCUT2D eigenvalue weighted by atomic mass is 10.1. The van der Waals surface area contributed by atoms with Gasteiger partial charge in [-0.15, -0.1) is 0 Å². The molecule has 0 heterocycles. The maximum absolute atomic E-state index is 12.1. The fraction of sp³-hybridized carbons (Fsp3) is 0.222. The Morgan fingerprint density at radius 2 is 2.12 bits per heavy atom. The van der Waals surface area contributed by atoms with Gasteiger partial charge in [0.2, 0.25) is 0 Å². The molecule has 0 amide bonds. The van der Waals surface area contributed by atoms with Crippen molar-refractivity contribution in [3.63, 3.8) is 0 Å². The summed E-state index contributed by atoms with van der Waals surface area (Å²) in [7, 11) is 0. The average Bonchev–Trinajstić information content (AvgIpc) is 2.14. The van der Waals surface area contributed by atoms with Gasteiger partial charge in [-0.1, -0.05) is 0 Å². The lowest BCUT2D eigenvalue weighted by Crippen LogP contribution is -2.09. The van der Waals surface area contributed by atoms with E-state index in [4.69, 9.17) is 5.73 Å². The van der Waals surface area contributed by atoms with Crippen LogP contribution in [0.15, 0.2) is 12.1 Å². The molecule has 1 aromatic carbocycles. The van der Waals surface area contributed by atoms with Crippen LogP contribution in [0.25, 0.3) is 0 Å². The molecule has 92 valence electrons. The number of non-ortho nitro benzene ring substituents is 1. The number of halogens is 2. The van der Waals surface area contributed by atoms with E-state index < -0.39 is 28.8 Å². The van der Waals surface area contributed by atoms with Crippen LogP contribution in [0.5, 0.6) is 5.75 Å². The number of nitrogen functional groups attached to an aromatic ring is 1. The third kappa shape index (κ3) is 2.86. The number of ketones is 1. The number of Topliss-reactive ketones (excluding diaryl/α,β-unsaturated/α-hetero) is 1. The maximum atomic E-state index is 12.1. The molecule has 0 aromatic heterocycles. The van der Waals surface area contributed by atoms with Gasteiger partial charge in [-0.2, -0.15) is 8.78 Å². The van der Waals surface area contributed by atoms with Crippen LogP contribution < -0.4 is 10.5 Å². The number of anilines is 1. The highest BCUT2D eigenvalue weighted by atomic mass is 19.3. The fourth-order valence-electron chi connectivity index (χ4n) is 1.29. The van der Waals surface area contributed by atoms with Crippen molar-refractivity contribution >= 4 is 17.2 Å². The first kappa shape index (κ1) is 12.8. The van der Waals surface area contributed by atoms with Crippen molar-refractivity contribution in [2.75, 3.05) is 5.73 Å². The van der Waals surface area contributed by atoms with Crippen molar-refractivity contribution in [1.29, 1.82) is 0 Å². The number of nitro benzene ring substituents is 1. The molecule has 0 aliphatic rings. The molecule has 0 saturated heterocycles. The Hall–Kier alpha value is -2.25. The second kappa shape index (κ2) is 4.73. The molecule has 0 fully saturated rings. The SMILES string of the molecule is CC(=O)c1c(N)cc([N+](=O)[O-])cc1OC(F)F. The molecule has 17 heavy (non-hydrogen) atoms. The van der Waals surface area contributed by atoms with Gasteiger partial charge in [0.25, 0.3) is 5.69 Å². The summed E-state index contributed by atoms with van der Waals surface area (Å²) in [4.78, 5) is 20.8. The van der Waals surface area contributed by atoms with Gasteiger partial charge in [0.1, 0.15) is 5.75 Å². The van der Waals surface area contributed by atoms with Crippen molar-refractivity contribution in [2.24, 2.45) is 0 Å². The van der Waals surface area contributed by atoms with E-state index in [1.807, 2.05) is 0 Å². The first-order valence-electron chi connectivity index (χ1n) is 4.36. The van der Waals surface area contributed by atoms with Gasteiger partial charge in [0, 0.05) is 6.07 Å². The Morgan fingerprint density at radius 3 is 2.53 bits per heavy atom. The quantitative estimate of drug-likeness (QED) is 0.379. The normalized spacial score (nSPS) is 10.4. The van der Waals surface area contributed by atoms with Crippen molar-refractivity contribution in [3.05, 3.63) is 27.8 Å². The number of hydrogen-bond donors (Lipinski definition) is 1. The average molecular weight is 246 g/mol. The van der Waals surface area contributed by atoms with Crippen LogP contribution in [0.3, 0.4) is 0 Å². The zero-order valence-electron chi connectivity index (χ0n) is 8.65. The molecule has 0 spiro atoms. The van der Waals surface area contributed by atoms with Gasteiger partial charge in [-0.3, -0.25) is 14.9 Å². The molecule has 1 aromatic rings. The Morgan fingerprint density at radius 1 is 1.53 bits per heavy atom. The molecule has 0 bridgehead atoms. The Bertz CT molecular complexity index is 476. The van der Waals surface area contributed by atoms with Gasteiger partial charge < -0.3 is 10.5 Å². The summed E-state index contributed by atoms with van der Waals surface area (Å²) in [5.41, 5.74) is 4.29. The Balaban J connectivity index is 3.39. The van der Waals surface area contributed by atoms with E-state index in [2.05, 4.69) is 4.74 Å². The molecule has 0 unspecified atom stereocenters. The minimum absolute atomic E-state index is 0.276. The summed E-state index contributed by atoms with van der Waals surface area (Å²) >= 11 is 0. The smallest absolute Gasteiger partial charge is 0.387 e. The fourth-order valence-corrected chi connectivity index (χ4v) is 1.29. The summed E-state index contributed by atoms with van der Waals surface area (Å²) in [5, 5.41) is 10.5. The van der Waals surface area contributed by atoms with Crippen LogP contribution in [0.1, 0.15) is 17.3 Å². The van der Waals surface area contributed by atoms with Gasteiger partial charge in [0.05, 0.1) is 22.2 Å². The molecule has 6 nitrogen and oxygen atoms in total. The van der Waals surface area contributed by atoms with Crippen LogP contribution in [0, 0.1) is 10.1 Å². The third-order valence-electron chi connectivity index (χ3n) is 1.90. The minimum Gasteiger partial charge on any atom is -0.434 e. The van der Waals surface area contributed by atoms with Gasteiger partial charge in [-0.25, -0.2) is 0 Å². The van der Waals surface area contributed by atoms with Gasteiger partial charge in [0.15, 0.2) is 5.78 Å². The number of nitrogens with zero attached hydrogens (tertiary/aromatic N) is 1.